The molecule has 3 heteroatoms. The molecule has 0 aliphatic rings. The van der Waals surface area contributed by atoms with Crippen LogP contribution >= 0.6 is 0 Å². The van der Waals surface area contributed by atoms with E-state index in [1.54, 1.807) is 12.4 Å². The molecule has 0 saturated carbocycles. The Morgan fingerprint density at radius 1 is 1.27 bits per heavy atom. The van der Waals surface area contributed by atoms with Gasteiger partial charge in [-0.3, -0.25) is 0 Å². The third-order valence-corrected chi connectivity index (χ3v) is 2.60. The zero-order chi connectivity index (χ0) is 10.7. The van der Waals surface area contributed by atoms with Crippen LogP contribution < -0.4 is 0 Å². The van der Waals surface area contributed by atoms with Gasteiger partial charge in [0, 0.05) is 18.3 Å². The summed E-state index contributed by atoms with van der Waals surface area (Å²) in [5, 5.41) is 10.0. The van der Waals surface area contributed by atoms with Gasteiger partial charge >= 0.3 is 0 Å². The van der Waals surface area contributed by atoms with Crippen molar-refractivity contribution < 1.29 is 5.11 Å². The number of hydrogen-bond acceptors (Lipinski definition) is 2. The van der Waals surface area contributed by atoms with Crippen molar-refractivity contribution in [2.75, 3.05) is 0 Å². The summed E-state index contributed by atoms with van der Waals surface area (Å²) in [6.45, 7) is 1.99. The summed E-state index contributed by atoms with van der Waals surface area (Å²) in [4.78, 5) is 6.98. The second-order valence-electron chi connectivity index (χ2n) is 3.62. The van der Waals surface area contributed by atoms with Gasteiger partial charge < -0.3 is 10.1 Å². The molecule has 0 radical (unpaired) electrons. The Balaban J connectivity index is 2.18. The number of aromatic amines is 1. The first-order chi connectivity index (χ1) is 7.29. The molecule has 2 unspecified atom stereocenters. The molecule has 0 fully saturated rings. The van der Waals surface area contributed by atoms with Crippen LogP contribution in [-0.2, 0) is 0 Å². The predicted molar refractivity (Wildman–Crippen MR) is 58.4 cm³/mol. The molecule has 0 spiro atoms. The number of aliphatic hydroxyl groups excluding tert-OH is 1. The summed E-state index contributed by atoms with van der Waals surface area (Å²) in [5.41, 5.74) is 1.11. The normalized spacial score (nSPS) is 14.8. The van der Waals surface area contributed by atoms with Crippen LogP contribution in [0.4, 0.5) is 0 Å². The quantitative estimate of drug-likeness (QED) is 0.802. The fourth-order valence-electron chi connectivity index (χ4n) is 1.61. The second-order valence-corrected chi connectivity index (χ2v) is 3.62. The number of rotatable bonds is 3. The number of imidazole rings is 1. The van der Waals surface area contributed by atoms with Crippen LogP contribution in [0.2, 0.25) is 0 Å². The predicted octanol–water partition coefficient (Wildman–Crippen LogP) is 2.25. The Hall–Kier alpha value is -1.61. The van der Waals surface area contributed by atoms with Crippen molar-refractivity contribution in [3.05, 3.63) is 54.1 Å². The highest BCUT2D eigenvalue weighted by Gasteiger charge is 2.19. The van der Waals surface area contributed by atoms with Gasteiger partial charge in [-0.15, -0.1) is 0 Å². The largest absolute Gasteiger partial charge is 0.385 e. The Morgan fingerprint density at radius 3 is 2.60 bits per heavy atom. The first-order valence-corrected chi connectivity index (χ1v) is 5.01. The van der Waals surface area contributed by atoms with Gasteiger partial charge in [-0.1, -0.05) is 37.3 Å². The lowest BCUT2D eigenvalue weighted by Crippen LogP contribution is -2.09. The second kappa shape index (κ2) is 4.28. The molecule has 2 aromatic rings. The summed E-state index contributed by atoms with van der Waals surface area (Å²) in [6.07, 6.45) is 2.79. The van der Waals surface area contributed by atoms with Crippen molar-refractivity contribution in [3.63, 3.8) is 0 Å². The van der Waals surface area contributed by atoms with Gasteiger partial charge in [-0.2, -0.15) is 0 Å². The Morgan fingerprint density at radius 2 is 2.00 bits per heavy atom. The van der Waals surface area contributed by atoms with E-state index in [4.69, 9.17) is 0 Å². The fraction of sp³-hybridized carbons (Fsp3) is 0.250. The first kappa shape index (κ1) is 9.93. The highest BCUT2D eigenvalue weighted by molar-refractivity contribution is 5.21. The topological polar surface area (TPSA) is 48.9 Å². The van der Waals surface area contributed by atoms with Gasteiger partial charge in [-0.05, 0) is 5.56 Å². The summed E-state index contributed by atoms with van der Waals surface area (Å²) >= 11 is 0. The minimum Gasteiger partial charge on any atom is -0.385 e. The molecule has 78 valence electrons. The van der Waals surface area contributed by atoms with E-state index >= 15 is 0 Å². The van der Waals surface area contributed by atoms with E-state index in [0.29, 0.717) is 5.82 Å². The van der Waals surface area contributed by atoms with Crippen LogP contribution in [0.5, 0.6) is 0 Å². The average Bonchev–Trinajstić information content (AvgIpc) is 2.82. The fourth-order valence-corrected chi connectivity index (χ4v) is 1.61. The van der Waals surface area contributed by atoms with Crippen LogP contribution in [-0.4, -0.2) is 15.1 Å². The monoisotopic (exact) mass is 202 g/mol. The van der Waals surface area contributed by atoms with Crippen molar-refractivity contribution in [3.8, 4) is 0 Å². The third kappa shape index (κ3) is 2.07. The van der Waals surface area contributed by atoms with E-state index in [9.17, 15) is 5.11 Å². The zero-order valence-corrected chi connectivity index (χ0v) is 8.59. The van der Waals surface area contributed by atoms with Gasteiger partial charge in [0.05, 0.1) is 0 Å². The standard InChI is InChI=1S/C12H14N2O/c1-9(10-5-3-2-4-6-10)11(15)12-13-7-8-14-12/h2-9,11,15H,1H3,(H,13,14). The molecule has 1 aromatic heterocycles. The van der Waals surface area contributed by atoms with Crippen molar-refractivity contribution in [1.82, 2.24) is 9.97 Å². The van der Waals surface area contributed by atoms with E-state index < -0.39 is 6.10 Å². The summed E-state index contributed by atoms with van der Waals surface area (Å²) < 4.78 is 0. The highest BCUT2D eigenvalue weighted by atomic mass is 16.3. The molecule has 2 N–H and O–H groups in total. The van der Waals surface area contributed by atoms with Crippen molar-refractivity contribution in [1.29, 1.82) is 0 Å². The van der Waals surface area contributed by atoms with Crippen LogP contribution in [0, 0.1) is 0 Å². The first-order valence-electron chi connectivity index (χ1n) is 5.01. The lowest BCUT2D eigenvalue weighted by atomic mass is 9.95. The number of benzene rings is 1. The van der Waals surface area contributed by atoms with Gasteiger partial charge in [0.15, 0.2) is 0 Å². The number of H-pyrrole nitrogens is 1. The SMILES string of the molecule is CC(c1ccccc1)C(O)c1ncc[nH]1. The molecule has 1 heterocycles. The molecule has 1 aromatic carbocycles. The van der Waals surface area contributed by atoms with Crippen LogP contribution in [0.1, 0.15) is 30.3 Å². The van der Waals surface area contributed by atoms with Crippen molar-refractivity contribution in [2.45, 2.75) is 18.9 Å². The lowest BCUT2D eigenvalue weighted by Gasteiger charge is -2.17. The maximum Gasteiger partial charge on any atom is 0.135 e. The molecular weight excluding hydrogens is 188 g/mol. The molecule has 0 saturated heterocycles. The summed E-state index contributed by atoms with van der Waals surface area (Å²) in [6, 6.07) is 9.94. The Kier molecular flexibility index (Phi) is 2.83. The van der Waals surface area contributed by atoms with Gasteiger partial charge in [0.25, 0.3) is 0 Å². The minimum atomic E-state index is -0.581. The van der Waals surface area contributed by atoms with E-state index in [2.05, 4.69) is 9.97 Å². The van der Waals surface area contributed by atoms with Crippen LogP contribution in [0.3, 0.4) is 0 Å². The molecule has 15 heavy (non-hydrogen) atoms. The molecule has 0 aliphatic carbocycles. The number of nitrogens with one attached hydrogen (secondary N) is 1. The summed E-state index contributed by atoms with van der Waals surface area (Å²) in [5.74, 6) is 0.656. The van der Waals surface area contributed by atoms with Crippen LogP contribution in [0.15, 0.2) is 42.7 Å². The summed E-state index contributed by atoms with van der Waals surface area (Å²) in [7, 11) is 0. The lowest BCUT2D eigenvalue weighted by molar-refractivity contribution is 0.143. The minimum absolute atomic E-state index is 0.0392. The Bertz CT molecular complexity index is 397. The maximum atomic E-state index is 10.0. The van der Waals surface area contributed by atoms with Gasteiger partial charge in [-0.25, -0.2) is 4.98 Å². The molecule has 2 atom stereocenters. The third-order valence-electron chi connectivity index (χ3n) is 2.60. The van der Waals surface area contributed by atoms with E-state index in [0.717, 1.165) is 5.56 Å². The van der Waals surface area contributed by atoms with E-state index in [1.165, 1.54) is 0 Å². The molecular formula is C12H14N2O. The number of hydrogen-bond donors (Lipinski definition) is 2. The van der Waals surface area contributed by atoms with Gasteiger partial charge in [0.2, 0.25) is 0 Å². The molecule has 0 aliphatic heterocycles. The average molecular weight is 202 g/mol. The molecule has 3 nitrogen and oxygen atoms in total. The molecule has 0 bridgehead atoms. The van der Waals surface area contributed by atoms with E-state index in [1.807, 2.05) is 37.3 Å². The smallest absolute Gasteiger partial charge is 0.135 e. The van der Waals surface area contributed by atoms with Crippen molar-refractivity contribution in [2.24, 2.45) is 0 Å². The molecule has 0 amide bonds. The highest BCUT2D eigenvalue weighted by Crippen LogP contribution is 2.27. The molecule has 2 rings (SSSR count). The van der Waals surface area contributed by atoms with Crippen molar-refractivity contribution >= 4 is 0 Å². The maximum absolute atomic E-state index is 10.0. The van der Waals surface area contributed by atoms with E-state index in [-0.39, 0.29) is 5.92 Å². The zero-order valence-electron chi connectivity index (χ0n) is 8.59. The van der Waals surface area contributed by atoms with Gasteiger partial charge in [0.1, 0.15) is 11.9 Å². The van der Waals surface area contributed by atoms with Crippen LogP contribution in [0.25, 0.3) is 0 Å². The number of nitrogens with zero attached hydrogens (tertiary/aromatic N) is 1. The number of aromatic nitrogens is 2. The Labute approximate surface area is 88.8 Å². The number of aliphatic hydroxyl groups is 1.